The molecule has 1 aliphatic rings. The van der Waals surface area contributed by atoms with Gasteiger partial charge in [0, 0.05) is 29.1 Å². The highest BCUT2D eigenvalue weighted by atomic mass is 16.6. The van der Waals surface area contributed by atoms with Crippen molar-refractivity contribution in [2.45, 2.75) is 18.7 Å². The SMILES string of the molecule is COC(=O)[C@H](Cc1c[nH]c2ccccc12)N[C@@H]1OC(=O)c2c1ccc(OC)c2OC. The first-order valence-electron chi connectivity index (χ1n) is 9.42. The Morgan fingerprint density at radius 2 is 1.97 bits per heavy atom. The summed E-state index contributed by atoms with van der Waals surface area (Å²) in [6.45, 7) is 0. The van der Waals surface area contributed by atoms with Crippen LogP contribution >= 0.6 is 0 Å². The van der Waals surface area contributed by atoms with Crippen molar-refractivity contribution >= 4 is 22.8 Å². The van der Waals surface area contributed by atoms with Crippen LogP contribution in [-0.2, 0) is 20.7 Å². The average molecular weight is 410 g/mol. The van der Waals surface area contributed by atoms with E-state index in [0.717, 1.165) is 16.5 Å². The van der Waals surface area contributed by atoms with Gasteiger partial charge in [0.25, 0.3) is 0 Å². The summed E-state index contributed by atoms with van der Waals surface area (Å²) in [5.41, 5.74) is 2.78. The van der Waals surface area contributed by atoms with E-state index < -0.39 is 24.2 Å². The van der Waals surface area contributed by atoms with E-state index in [-0.39, 0.29) is 5.56 Å². The summed E-state index contributed by atoms with van der Waals surface area (Å²) in [6, 6.07) is 10.5. The lowest BCUT2D eigenvalue weighted by molar-refractivity contribution is -0.144. The number of H-pyrrole nitrogens is 1. The van der Waals surface area contributed by atoms with Crippen LogP contribution < -0.4 is 14.8 Å². The van der Waals surface area contributed by atoms with Crippen LogP contribution in [0.25, 0.3) is 10.9 Å². The number of rotatable bonds is 7. The summed E-state index contributed by atoms with van der Waals surface area (Å²) in [5.74, 6) is -0.271. The summed E-state index contributed by atoms with van der Waals surface area (Å²) >= 11 is 0. The van der Waals surface area contributed by atoms with Crippen LogP contribution in [0.15, 0.2) is 42.6 Å². The molecule has 0 aliphatic carbocycles. The number of carbonyl (C=O) groups excluding carboxylic acids is 2. The van der Waals surface area contributed by atoms with E-state index in [1.807, 2.05) is 30.5 Å². The minimum absolute atomic E-state index is 0.282. The molecule has 2 atom stereocenters. The molecule has 156 valence electrons. The minimum Gasteiger partial charge on any atom is -0.493 e. The van der Waals surface area contributed by atoms with Crippen molar-refractivity contribution < 1.29 is 28.5 Å². The molecule has 3 aromatic rings. The number of aromatic nitrogens is 1. The zero-order valence-corrected chi connectivity index (χ0v) is 16.9. The van der Waals surface area contributed by atoms with E-state index in [1.165, 1.54) is 21.3 Å². The lowest BCUT2D eigenvalue weighted by Gasteiger charge is -2.21. The number of fused-ring (bicyclic) bond motifs is 2. The van der Waals surface area contributed by atoms with E-state index in [1.54, 1.807) is 12.1 Å². The molecule has 0 unspecified atom stereocenters. The number of hydrogen-bond donors (Lipinski definition) is 2. The van der Waals surface area contributed by atoms with Crippen LogP contribution in [0.4, 0.5) is 0 Å². The van der Waals surface area contributed by atoms with Gasteiger partial charge in [-0.25, -0.2) is 4.79 Å². The van der Waals surface area contributed by atoms with E-state index in [4.69, 9.17) is 18.9 Å². The number of ether oxygens (including phenoxy) is 4. The fourth-order valence-electron chi connectivity index (χ4n) is 3.78. The maximum atomic E-state index is 12.5. The molecule has 0 amide bonds. The smallest absolute Gasteiger partial charge is 0.344 e. The van der Waals surface area contributed by atoms with Crippen molar-refractivity contribution in [3.05, 3.63) is 59.3 Å². The molecule has 30 heavy (non-hydrogen) atoms. The Morgan fingerprint density at radius 1 is 1.17 bits per heavy atom. The number of para-hydroxylation sites is 1. The van der Waals surface area contributed by atoms with Crippen molar-refractivity contribution in [3.8, 4) is 11.5 Å². The second-order valence-corrected chi connectivity index (χ2v) is 6.86. The number of cyclic esters (lactones) is 1. The Labute approximate surface area is 173 Å². The lowest BCUT2D eigenvalue weighted by Crippen LogP contribution is -2.41. The number of hydrogen-bond acceptors (Lipinski definition) is 7. The average Bonchev–Trinajstić information content (AvgIpc) is 3.33. The van der Waals surface area contributed by atoms with Crippen LogP contribution in [-0.4, -0.2) is 44.3 Å². The van der Waals surface area contributed by atoms with Crippen LogP contribution in [0.3, 0.4) is 0 Å². The van der Waals surface area contributed by atoms with E-state index in [0.29, 0.717) is 23.5 Å². The maximum Gasteiger partial charge on any atom is 0.344 e. The summed E-state index contributed by atoms with van der Waals surface area (Å²) in [5, 5.41) is 4.13. The van der Waals surface area contributed by atoms with Crippen LogP contribution in [0.5, 0.6) is 11.5 Å². The molecule has 4 rings (SSSR count). The second-order valence-electron chi connectivity index (χ2n) is 6.86. The standard InChI is InChI=1S/C22H22N2O6/c1-27-17-9-8-14-18(19(17)28-2)22(26)30-20(14)24-16(21(25)29-3)10-12-11-23-15-7-5-4-6-13(12)15/h4-9,11,16,20,23-24H,10H2,1-3H3/t16-,20+/m0/s1. The van der Waals surface area contributed by atoms with E-state index in [2.05, 4.69) is 10.3 Å². The highest BCUT2D eigenvalue weighted by Crippen LogP contribution is 2.41. The molecule has 1 aliphatic heterocycles. The Bertz CT molecular complexity index is 1110. The highest BCUT2D eigenvalue weighted by molar-refractivity contribution is 5.98. The molecule has 2 N–H and O–H groups in total. The first-order chi connectivity index (χ1) is 14.6. The number of methoxy groups -OCH3 is 3. The zero-order valence-electron chi connectivity index (χ0n) is 16.9. The summed E-state index contributed by atoms with van der Waals surface area (Å²) in [7, 11) is 4.28. The van der Waals surface area contributed by atoms with Gasteiger partial charge in [-0.3, -0.25) is 10.1 Å². The topological polar surface area (TPSA) is 98.9 Å². The van der Waals surface area contributed by atoms with Gasteiger partial charge < -0.3 is 23.9 Å². The molecule has 8 nitrogen and oxygen atoms in total. The second kappa shape index (κ2) is 8.08. The van der Waals surface area contributed by atoms with Crippen molar-refractivity contribution in [3.63, 3.8) is 0 Å². The monoisotopic (exact) mass is 410 g/mol. The van der Waals surface area contributed by atoms with Crippen molar-refractivity contribution in [1.82, 2.24) is 10.3 Å². The molecule has 2 aromatic carbocycles. The largest absolute Gasteiger partial charge is 0.493 e. The number of aromatic amines is 1. The Kier molecular flexibility index (Phi) is 5.33. The van der Waals surface area contributed by atoms with Gasteiger partial charge >= 0.3 is 11.9 Å². The quantitative estimate of drug-likeness (QED) is 0.578. The molecule has 0 bridgehead atoms. The van der Waals surface area contributed by atoms with Crippen molar-refractivity contribution in [1.29, 1.82) is 0 Å². The maximum absolute atomic E-state index is 12.5. The van der Waals surface area contributed by atoms with Crippen LogP contribution in [0.2, 0.25) is 0 Å². The van der Waals surface area contributed by atoms with Crippen LogP contribution in [0.1, 0.15) is 27.7 Å². The number of nitrogens with one attached hydrogen (secondary N) is 2. The Hall–Kier alpha value is -3.52. The molecule has 0 spiro atoms. The van der Waals surface area contributed by atoms with Crippen LogP contribution in [0, 0.1) is 0 Å². The first-order valence-corrected chi connectivity index (χ1v) is 9.42. The molecule has 0 fully saturated rings. The number of esters is 2. The Morgan fingerprint density at radius 3 is 2.70 bits per heavy atom. The van der Waals surface area contributed by atoms with Crippen molar-refractivity contribution in [2.24, 2.45) is 0 Å². The van der Waals surface area contributed by atoms with Gasteiger partial charge in [-0.15, -0.1) is 0 Å². The predicted molar refractivity (Wildman–Crippen MR) is 109 cm³/mol. The zero-order chi connectivity index (χ0) is 21.3. The first kappa shape index (κ1) is 19.8. The molecule has 8 heteroatoms. The number of benzene rings is 2. The third kappa shape index (κ3) is 3.35. The predicted octanol–water partition coefficient (Wildman–Crippen LogP) is 2.73. The Balaban J connectivity index is 1.64. The van der Waals surface area contributed by atoms with Crippen molar-refractivity contribution in [2.75, 3.05) is 21.3 Å². The third-order valence-corrected chi connectivity index (χ3v) is 5.23. The summed E-state index contributed by atoms with van der Waals surface area (Å²) in [6.07, 6.45) is 1.40. The third-order valence-electron chi connectivity index (χ3n) is 5.23. The van der Waals surface area contributed by atoms with Gasteiger partial charge in [0.1, 0.15) is 11.6 Å². The molecule has 1 aromatic heterocycles. The van der Waals surface area contributed by atoms with Gasteiger partial charge in [-0.1, -0.05) is 18.2 Å². The minimum atomic E-state index is -0.818. The highest BCUT2D eigenvalue weighted by Gasteiger charge is 2.38. The van der Waals surface area contributed by atoms with Gasteiger partial charge in [0.05, 0.1) is 21.3 Å². The molecular weight excluding hydrogens is 388 g/mol. The fourth-order valence-corrected chi connectivity index (χ4v) is 3.78. The molecule has 0 saturated carbocycles. The van der Waals surface area contributed by atoms with E-state index >= 15 is 0 Å². The molecular formula is C22H22N2O6. The van der Waals surface area contributed by atoms with Gasteiger partial charge in [-0.2, -0.15) is 0 Å². The van der Waals surface area contributed by atoms with E-state index in [9.17, 15) is 9.59 Å². The van der Waals surface area contributed by atoms with Gasteiger partial charge in [0.2, 0.25) is 0 Å². The fraction of sp³-hybridized carbons (Fsp3) is 0.273. The normalized spacial score (nSPS) is 16.1. The number of carbonyl (C=O) groups is 2. The van der Waals surface area contributed by atoms with Gasteiger partial charge in [-0.05, 0) is 23.8 Å². The summed E-state index contributed by atoms with van der Waals surface area (Å²) in [4.78, 5) is 28.2. The molecule has 2 heterocycles. The molecule has 0 saturated heterocycles. The lowest BCUT2D eigenvalue weighted by atomic mass is 10.0. The van der Waals surface area contributed by atoms with Gasteiger partial charge in [0.15, 0.2) is 17.7 Å². The summed E-state index contributed by atoms with van der Waals surface area (Å²) < 4.78 is 21.1. The molecule has 0 radical (unpaired) electrons.